The summed E-state index contributed by atoms with van der Waals surface area (Å²) in [6.07, 6.45) is 0.772. The molecule has 0 radical (unpaired) electrons. The van der Waals surface area contributed by atoms with Crippen LogP contribution in [-0.4, -0.2) is 21.6 Å². The van der Waals surface area contributed by atoms with E-state index in [4.69, 9.17) is 0 Å². The largest absolute Gasteiger partial charge is 0.325 e. The van der Waals surface area contributed by atoms with Crippen LogP contribution in [0.3, 0.4) is 0 Å². The minimum Gasteiger partial charge on any atom is -0.325 e. The number of aromatic nitrogens is 2. The van der Waals surface area contributed by atoms with E-state index in [9.17, 15) is 4.79 Å². The minimum atomic E-state index is -0.0324. The molecule has 0 aliphatic carbocycles. The standard InChI is InChI=1S/C19H19N3OS/c1-3-17-20-16-11-7-5-9-14(16)19(22-17)24-12-18(23)21-15-10-6-4-8-13(15)2/h4-11H,3,12H2,1-2H3,(H,21,23). The van der Waals surface area contributed by atoms with Crippen molar-refractivity contribution in [2.24, 2.45) is 0 Å². The normalized spacial score (nSPS) is 10.8. The van der Waals surface area contributed by atoms with Gasteiger partial charge in [0.15, 0.2) is 0 Å². The highest BCUT2D eigenvalue weighted by atomic mass is 32.2. The van der Waals surface area contributed by atoms with Gasteiger partial charge in [-0.2, -0.15) is 0 Å². The summed E-state index contributed by atoms with van der Waals surface area (Å²) >= 11 is 1.45. The fourth-order valence-electron chi connectivity index (χ4n) is 2.39. The predicted octanol–water partition coefficient (Wildman–Crippen LogP) is 4.23. The van der Waals surface area contributed by atoms with E-state index < -0.39 is 0 Å². The molecule has 0 spiro atoms. The summed E-state index contributed by atoms with van der Waals surface area (Å²) < 4.78 is 0. The number of hydrogen-bond acceptors (Lipinski definition) is 4. The Morgan fingerprint density at radius 2 is 1.83 bits per heavy atom. The smallest absolute Gasteiger partial charge is 0.234 e. The van der Waals surface area contributed by atoms with Crippen molar-refractivity contribution in [1.82, 2.24) is 9.97 Å². The van der Waals surface area contributed by atoms with E-state index in [0.29, 0.717) is 5.75 Å². The highest BCUT2D eigenvalue weighted by molar-refractivity contribution is 8.00. The Morgan fingerprint density at radius 3 is 2.62 bits per heavy atom. The molecule has 4 nitrogen and oxygen atoms in total. The van der Waals surface area contributed by atoms with Gasteiger partial charge in [0.1, 0.15) is 10.9 Å². The van der Waals surface area contributed by atoms with Crippen LogP contribution in [0.2, 0.25) is 0 Å². The van der Waals surface area contributed by atoms with E-state index in [1.54, 1.807) is 0 Å². The minimum absolute atomic E-state index is 0.0324. The van der Waals surface area contributed by atoms with Crippen molar-refractivity contribution in [2.45, 2.75) is 25.3 Å². The van der Waals surface area contributed by atoms with Crippen molar-refractivity contribution in [2.75, 3.05) is 11.1 Å². The number of anilines is 1. The molecule has 122 valence electrons. The van der Waals surface area contributed by atoms with Crippen molar-refractivity contribution >= 4 is 34.3 Å². The fraction of sp³-hybridized carbons (Fsp3) is 0.211. The monoisotopic (exact) mass is 337 g/mol. The van der Waals surface area contributed by atoms with Gasteiger partial charge in [-0.3, -0.25) is 4.79 Å². The Labute approximate surface area is 145 Å². The van der Waals surface area contributed by atoms with Crippen molar-refractivity contribution in [3.63, 3.8) is 0 Å². The summed E-state index contributed by atoms with van der Waals surface area (Å²) in [6.45, 7) is 4.01. The highest BCUT2D eigenvalue weighted by Gasteiger charge is 2.10. The first-order chi connectivity index (χ1) is 11.7. The third kappa shape index (κ3) is 3.74. The van der Waals surface area contributed by atoms with Crippen LogP contribution >= 0.6 is 11.8 Å². The summed E-state index contributed by atoms with van der Waals surface area (Å²) in [5.41, 5.74) is 2.83. The van der Waals surface area contributed by atoms with Crippen molar-refractivity contribution in [1.29, 1.82) is 0 Å². The van der Waals surface area contributed by atoms with E-state index in [1.807, 2.05) is 62.4 Å². The highest BCUT2D eigenvalue weighted by Crippen LogP contribution is 2.25. The zero-order valence-electron chi connectivity index (χ0n) is 13.7. The first kappa shape index (κ1) is 16.5. The summed E-state index contributed by atoms with van der Waals surface area (Å²) in [4.78, 5) is 21.4. The van der Waals surface area contributed by atoms with E-state index in [0.717, 1.165) is 39.4 Å². The van der Waals surface area contributed by atoms with E-state index in [-0.39, 0.29) is 5.91 Å². The molecule has 1 aromatic heterocycles. The Kier molecular flexibility index (Phi) is 5.11. The molecule has 1 heterocycles. The zero-order valence-corrected chi connectivity index (χ0v) is 14.6. The lowest BCUT2D eigenvalue weighted by Crippen LogP contribution is -2.15. The quantitative estimate of drug-likeness (QED) is 0.559. The summed E-state index contributed by atoms with van der Waals surface area (Å²) in [6, 6.07) is 15.7. The topological polar surface area (TPSA) is 54.9 Å². The molecule has 0 aliphatic rings. The third-order valence-electron chi connectivity index (χ3n) is 3.69. The van der Waals surface area contributed by atoms with Crippen molar-refractivity contribution in [3.8, 4) is 0 Å². The number of nitrogens with one attached hydrogen (secondary N) is 1. The second-order valence-electron chi connectivity index (χ2n) is 5.47. The van der Waals surface area contributed by atoms with E-state index in [1.165, 1.54) is 11.8 Å². The number of carbonyl (C=O) groups is 1. The van der Waals surface area contributed by atoms with Crippen LogP contribution in [0.15, 0.2) is 53.6 Å². The second-order valence-corrected chi connectivity index (χ2v) is 6.43. The average Bonchev–Trinajstić information content (AvgIpc) is 2.61. The number of thioether (sulfide) groups is 1. The van der Waals surface area contributed by atoms with Gasteiger partial charge in [0.25, 0.3) is 0 Å². The van der Waals surface area contributed by atoms with Crippen LogP contribution in [0.4, 0.5) is 5.69 Å². The first-order valence-electron chi connectivity index (χ1n) is 7.91. The van der Waals surface area contributed by atoms with Crippen LogP contribution in [0.5, 0.6) is 0 Å². The molecule has 0 aliphatic heterocycles. The maximum absolute atomic E-state index is 12.3. The average molecular weight is 337 g/mol. The fourth-order valence-corrected chi connectivity index (χ4v) is 3.23. The van der Waals surface area contributed by atoms with Gasteiger partial charge in [-0.15, -0.1) is 0 Å². The van der Waals surface area contributed by atoms with Gasteiger partial charge in [0.2, 0.25) is 5.91 Å². The number of nitrogens with zero attached hydrogens (tertiary/aromatic N) is 2. The molecule has 0 saturated heterocycles. The lowest BCUT2D eigenvalue weighted by Gasteiger charge is -2.09. The number of benzene rings is 2. The third-order valence-corrected chi connectivity index (χ3v) is 4.68. The Balaban J connectivity index is 1.75. The molecular formula is C19H19N3OS. The molecule has 0 unspecified atom stereocenters. The van der Waals surface area contributed by atoms with Gasteiger partial charge < -0.3 is 5.32 Å². The second kappa shape index (κ2) is 7.45. The van der Waals surface area contributed by atoms with Crippen LogP contribution in [0, 0.1) is 6.92 Å². The van der Waals surface area contributed by atoms with Gasteiger partial charge in [-0.05, 0) is 24.6 Å². The van der Waals surface area contributed by atoms with E-state index >= 15 is 0 Å². The number of fused-ring (bicyclic) bond motifs is 1. The van der Waals surface area contributed by atoms with E-state index in [2.05, 4.69) is 15.3 Å². The maximum atomic E-state index is 12.3. The van der Waals surface area contributed by atoms with Gasteiger partial charge >= 0.3 is 0 Å². The summed E-state index contributed by atoms with van der Waals surface area (Å²) in [7, 11) is 0. The Bertz CT molecular complexity index is 879. The van der Waals surface area contributed by atoms with Crippen molar-refractivity contribution in [3.05, 3.63) is 59.9 Å². The number of carbonyl (C=O) groups excluding carboxylic acids is 1. The van der Waals surface area contributed by atoms with Gasteiger partial charge in [0.05, 0.1) is 11.3 Å². The molecule has 0 bridgehead atoms. The SMILES string of the molecule is CCc1nc(SCC(=O)Nc2ccccc2C)c2ccccc2n1. The molecule has 0 fully saturated rings. The molecule has 1 N–H and O–H groups in total. The molecule has 0 saturated carbocycles. The molecule has 5 heteroatoms. The summed E-state index contributed by atoms with van der Waals surface area (Å²) in [5.74, 6) is 1.09. The zero-order chi connectivity index (χ0) is 16.9. The van der Waals surface area contributed by atoms with Crippen LogP contribution in [0.25, 0.3) is 10.9 Å². The summed E-state index contributed by atoms with van der Waals surface area (Å²) in [5, 5.41) is 4.80. The molecular weight excluding hydrogens is 318 g/mol. The molecule has 1 amide bonds. The van der Waals surface area contributed by atoms with Crippen molar-refractivity contribution < 1.29 is 4.79 Å². The van der Waals surface area contributed by atoms with Crippen LogP contribution in [0.1, 0.15) is 18.3 Å². The lowest BCUT2D eigenvalue weighted by atomic mass is 10.2. The Hall–Kier alpha value is -2.40. The molecule has 3 rings (SSSR count). The molecule has 0 atom stereocenters. The predicted molar refractivity (Wildman–Crippen MR) is 99.4 cm³/mol. The number of hydrogen-bond donors (Lipinski definition) is 1. The van der Waals surface area contributed by atoms with Gasteiger partial charge in [0, 0.05) is 17.5 Å². The first-order valence-corrected chi connectivity index (χ1v) is 8.90. The van der Waals surface area contributed by atoms with Crippen LogP contribution in [-0.2, 0) is 11.2 Å². The van der Waals surface area contributed by atoms with Gasteiger partial charge in [-0.1, -0.05) is 55.1 Å². The lowest BCUT2D eigenvalue weighted by molar-refractivity contribution is -0.113. The number of para-hydroxylation sites is 2. The Morgan fingerprint density at radius 1 is 1.08 bits per heavy atom. The molecule has 3 aromatic rings. The van der Waals surface area contributed by atoms with Crippen LogP contribution < -0.4 is 5.32 Å². The number of amides is 1. The molecule has 24 heavy (non-hydrogen) atoms. The maximum Gasteiger partial charge on any atom is 0.234 e. The molecule has 2 aromatic carbocycles. The number of aryl methyl sites for hydroxylation is 2. The number of rotatable bonds is 5. The van der Waals surface area contributed by atoms with Gasteiger partial charge in [-0.25, -0.2) is 9.97 Å².